The molecule has 1 heterocycles. The van der Waals surface area contributed by atoms with Gasteiger partial charge in [0.1, 0.15) is 0 Å². The van der Waals surface area contributed by atoms with Crippen LogP contribution in [0, 0.1) is 11.3 Å². The molecule has 9 heteroatoms. The van der Waals surface area contributed by atoms with Crippen LogP contribution in [0.5, 0.6) is 11.5 Å². The zero-order valence-corrected chi connectivity index (χ0v) is 25.0. The quantitative estimate of drug-likeness (QED) is 0.192. The van der Waals surface area contributed by atoms with E-state index in [1.165, 1.54) is 24.9 Å². The second-order valence-corrected chi connectivity index (χ2v) is 10.9. The number of nitrogens with zero attached hydrogens (tertiary/aromatic N) is 2. The number of nitrogens with one attached hydrogen (secondary N) is 2. The van der Waals surface area contributed by atoms with Crippen molar-refractivity contribution in [2.24, 2.45) is 0 Å². The third-order valence-corrected chi connectivity index (χ3v) is 8.08. The van der Waals surface area contributed by atoms with Gasteiger partial charge in [-0.3, -0.25) is 14.5 Å². The standard InChI is InChI=1S/C35H30N4O4S/c1-23-32(34(42)38-25-12-6-3-7-13-25)33(24-18-19-29(40)30(20-24)43-2)28(21-36)35(37-23)44-22-31(41)39(26-14-8-4-9-15-26)27-16-10-5-11-17-27/h3-20,33,37,40H,22H2,1-2H3,(H,38,42)/t33-/m0/s1. The number of hydrogen-bond donors (Lipinski definition) is 3. The molecule has 5 rings (SSSR count). The average Bonchev–Trinajstić information content (AvgIpc) is 3.05. The summed E-state index contributed by atoms with van der Waals surface area (Å²) in [4.78, 5) is 29.1. The molecule has 0 saturated heterocycles. The van der Waals surface area contributed by atoms with Crippen LogP contribution in [0.25, 0.3) is 0 Å². The second kappa shape index (κ2) is 13.7. The van der Waals surface area contributed by atoms with Crippen LogP contribution < -0.4 is 20.3 Å². The highest BCUT2D eigenvalue weighted by molar-refractivity contribution is 8.03. The van der Waals surface area contributed by atoms with Crippen molar-refractivity contribution in [3.8, 4) is 17.6 Å². The van der Waals surface area contributed by atoms with Gasteiger partial charge in [0, 0.05) is 28.3 Å². The maximum atomic E-state index is 13.8. The number of carbonyl (C=O) groups excluding carboxylic acids is 2. The first kappa shape index (κ1) is 30.0. The number of aromatic hydroxyl groups is 1. The van der Waals surface area contributed by atoms with Crippen molar-refractivity contribution in [3.63, 3.8) is 0 Å². The van der Waals surface area contributed by atoms with Crippen LogP contribution in [-0.2, 0) is 9.59 Å². The summed E-state index contributed by atoms with van der Waals surface area (Å²) in [5.74, 6) is -1.20. The van der Waals surface area contributed by atoms with E-state index in [0.717, 1.165) is 11.4 Å². The maximum absolute atomic E-state index is 13.8. The SMILES string of the molecule is COc1cc([C@H]2C(C#N)=C(SCC(=O)N(c3ccccc3)c3ccccc3)NC(C)=C2C(=O)Nc2ccccc2)ccc1O. The Labute approximate surface area is 260 Å². The van der Waals surface area contributed by atoms with Gasteiger partial charge < -0.3 is 20.5 Å². The lowest BCUT2D eigenvalue weighted by Crippen LogP contribution is -2.32. The summed E-state index contributed by atoms with van der Waals surface area (Å²) >= 11 is 1.20. The Morgan fingerprint density at radius 2 is 1.55 bits per heavy atom. The van der Waals surface area contributed by atoms with Crippen molar-refractivity contribution < 1.29 is 19.4 Å². The van der Waals surface area contributed by atoms with E-state index < -0.39 is 5.92 Å². The zero-order chi connectivity index (χ0) is 31.1. The third-order valence-electron chi connectivity index (χ3n) is 7.08. The van der Waals surface area contributed by atoms with Crippen LogP contribution in [-0.4, -0.2) is 29.8 Å². The van der Waals surface area contributed by atoms with Crippen molar-refractivity contribution in [2.75, 3.05) is 23.1 Å². The Balaban J connectivity index is 1.51. The normalized spacial score (nSPS) is 14.3. The predicted molar refractivity (Wildman–Crippen MR) is 173 cm³/mol. The molecule has 1 atom stereocenters. The number of para-hydroxylation sites is 3. The Morgan fingerprint density at radius 1 is 0.955 bits per heavy atom. The molecule has 0 unspecified atom stereocenters. The van der Waals surface area contributed by atoms with Crippen molar-refractivity contribution >= 4 is 40.6 Å². The summed E-state index contributed by atoms with van der Waals surface area (Å²) in [7, 11) is 1.44. The molecule has 4 aromatic rings. The highest BCUT2D eigenvalue weighted by Crippen LogP contribution is 2.43. The van der Waals surface area contributed by atoms with Crippen molar-refractivity contribution in [3.05, 3.63) is 137 Å². The molecule has 4 aromatic carbocycles. The number of benzene rings is 4. The molecule has 0 spiro atoms. The molecule has 0 saturated carbocycles. The number of thioether (sulfide) groups is 1. The number of dihydropyridines is 1. The van der Waals surface area contributed by atoms with E-state index in [1.807, 2.05) is 78.9 Å². The van der Waals surface area contributed by atoms with Crippen LogP contribution in [0.1, 0.15) is 18.4 Å². The Morgan fingerprint density at radius 3 is 2.11 bits per heavy atom. The lowest BCUT2D eigenvalue weighted by Gasteiger charge is -2.30. The number of allylic oxidation sites excluding steroid dienone is 2. The van der Waals surface area contributed by atoms with Crippen LogP contribution in [0.15, 0.2) is 131 Å². The summed E-state index contributed by atoms with van der Waals surface area (Å²) in [6, 6.07) is 34.8. The molecule has 8 nitrogen and oxygen atoms in total. The van der Waals surface area contributed by atoms with Gasteiger partial charge in [0.15, 0.2) is 11.5 Å². The minimum absolute atomic E-state index is 0.0156. The Kier molecular flexibility index (Phi) is 9.33. The summed E-state index contributed by atoms with van der Waals surface area (Å²) in [5.41, 5.74) is 3.77. The Hall–Kier alpha value is -5.46. The molecule has 1 aliphatic rings. The highest BCUT2D eigenvalue weighted by atomic mass is 32.2. The van der Waals surface area contributed by atoms with E-state index in [4.69, 9.17) is 4.74 Å². The van der Waals surface area contributed by atoms with Crippen LogP contribution in [0.2, 0.25) is 0 Å². The number of phenolic OH excluding ortho intramolecular Hbond substituents is 1. The molecule has 2 amide bonds. The molecule has 0 aliphatic carbocycles. The monoisotopic (exact) mass is 602 g/mol. The number of anilines is 3. The lowest BCUT2D eigenvalue weighted by atomic mass is 9.82. The molecule has 44 heavy (non-hydrogen) atoms. The van der Waals surface area contributed by atoms with Gasteiger partial charge in [0.05, 0.1) is 35.5 Å². The first-order valence-corrected chi connectivity index (χ1v) is 14.8. The fourth-order valence-corrected chi connectivity index (χ4v) is 5.99. The molecule has 0 aromatic heterocycles. The smallest absolute Gasteiger partial charge is 0.254 e. The van der Waals surface area contributed by atoms with E-state index in [9.17, 15) is 20.0 Å². The van der Waals surface area contributed by atoms with E-state index in [-0.39, 0.29) is 34.6 Å². The van der Waals surface area contributed by atoms with Gasteiger partial charge in [-0.25, -0.2) is 0 Å². The number of carbonyl (C=O) groups is 2. The van der Waals surface area contributed by atoms with E-state index in [2.05, 4.69) is 16.7 Å². The molecule has 0 bridgehead atoms. The van der Waals surface area contributed by atoms with Gasteiger partial charge >= 0.3 is 0 Å². The zero-order valence-electron chi connectivity index (χ0n) is 24.2. The van der Waals surface area contributed by atoms with Crippen LogP contribution in [0.3, 0.4) is 0 Å². The number of nitriles is 1. The summed E-state index contributed by atoms with van der Waals surface area (Å²) in [6.07, 6.45) is 0. The molecular weight excluding hydrogens is 572 g/mol. The molecule has 0 radical (unpaired) electrons. The van der Waals surface area contributed by atoms with Crippen molar-refractivity contribution in [2.45, 2.75) is 12.8 Å². The maximum Gasteiger partial charge on any atom is 0.254 e. The summed E-state index contributed by atoms with van der Waals surface area (Å²) < 4.78 is 5.34. The number of hydrogen-bond acceptors (Lipinski definition) is 7. The number of ether oxygens (including phenoxy) is 1. The number of rotatable bonds is 9. The van der Waals surface area contributed by atoms with E-state index in [0.29, 0.717) is 27.6 Å². The van der Waals surface area contributed by atoms with Gasteiger partial charge in [-0.15, -0.1) is 0 Å². The lowest BCUT2D eigenvalue weighted by molar-refractivity contribution is -0.115. The molecular formula is C35H30N4O4S. The molecule has 220 valence electrons. The molecule has 1 aliphatic heterocycles. The topological polar surface area (TPSA) is 115 Å². The number of phenols is 1. The van der Waals surface area contributed by atoms with Crippen molar-refractivity contribution in [1.29, 1.82) is 5.26 Å². The van der Waals surface area contributed by atoms with Gasteiger partial charge in [0.25, 0.3) is 5.91 Å². The number of amides is 2. The van der Waals surface area contributed by atoms with E-state index in [1.54, 1.807) is 36.1 Å². The largest absolute Gasteiger partial charge is 0.504 e. The van der Waals surface area contributed by atoms with Gasteiger partial charge in [-0.2, -0.15) is 5.26 Å². The predicted octanol–water partition coefficient (Wildman–Crippen LogP) is 6.83. The minimum Gasteiger partial charge on any atom is -0.504 e. The highest BCUT2D eigenvalue weighted by Gasteiger charge is 2.35. The second-order valence-electron chi connectivity index (χ2n) is 9.89. The van der Waals surface area contributed by atoms with E-state index >= 15 is 0 Å². The number of methoxy groups -OCH3 is 1. The fraction of sp³-hybridized carbons (Fsp3) is 0.114. The van der Waals surface area contributed by atoms with Crippen molar-refractivity contribution in [1.82, 2.24) is 5.32 Å². The molecule has 3 N–H and O–H groups in total. The van der Waals surface area contributed by atoms with Gasteiger partial charge in [-0.1, -0.05) is 72.4 Å². The van der Waals surface area contributed by atoms with Crippen LogP contribution in [0.4, 0.5) is 17.1 Å². The first-order chi connectivity index (χ1) is 21.4. The molecule has 0 fully saturated rings. The van der Waals surface area contributed by atoms with Crippen LogP contribution >= 0.6 is 11.8 Å². The minimum atomic E-state index is -0.795. The third kappa shape index (κ3) is 6.46. The summed E-state index contributed by atoms with van der Waals surface area (Å²) in [6.45, 7) is 1.77. The first-order valence-electron chi connectivity index (χ1n) is 13.8. The average molecular weight is 603 g/mol. The van der Waals surface area contributed by atoms with Gasteiger partial charge in [0.2, 0.25) is 5.91 Å². The summed E-state index contributed by atoms with van der Waals surface area (Å²) in [5, 5.41) is 27.4. The van der Waals surface area contributed by atoms with Gasteiger partial charge in [-0.05, 0) is 61.0 Å². The fourth-order valence-electron chi connectivity index (χ4n) is 5.04. The Bertz CT molecular complexity index is 1730.